The molecule has 0 aliphatic rings. The van der Waals surface area contributed by atoms with Crippen molar-refractivity contribution in [2.45, 2.75) is 59.4 Å². The number of nitrogens with zero attached hydrogens (tertiary/aromatic N) is 1. The lowest BCUT2D eigenvalue weighted by Crippen LogP contribution is -2.49. The van der Waals surface area contributed by atoms with Crippen LogP contribution in [0.1, 0.15) is 47.5 Å². The molecule has 0 amide bonds. The van der Waals surface area contributed by atoms with Crippen LogP contribution in [0, 0.1) is 5.41 Å². The number of hydrogen-bond donors (Lipinski definition) is 2. The predicted molar refractivity (Wildman–Crippen MR) is 80.3 cm³/mol. The minimum atomic E-state index is -2.36. The van der Waals surface area contributed by atoms with E-state index in [4.69, 9.17) is 5.11 Å². The SMILES string of the molecule is CCC(CC)(CNC(C)(C)C)CN(CCO)CC(F)F. The smallest absolute Gasteiger partial charge is 0.251 e. The van der Waals surface area contributed by atoms with E-state index >= 15 is 0 Å². The van der Waals surface area contributed by atoms with Crippen molar-refractivity contribution in [1.29, 1.82) is 0 Å². The molecule has 0 saturated heterocycles. The standard InChI is InChI=1S/C15H32F2N2O/c1-6-15(7-2,11-18-14(3,4)5)12-19(8-9-20)10-13(16)17/h13,18,20H,6-12H2,1-5H3. The number of alkyl halides is 2. The summed E-state index contributed by atoms with van der Waals surface area (Å²) in [6.45, 7) is 11.9. The molecular weight excluding hydrogens is 262 g/mol. The van der Waals surface area contributed by atoms with Gasteiger partial charge in [0.15, 0.2) is 0 Å². The van der Waals surface area contributed by atoms with Gasteiger partial charge in [0.05, 0.1) is 13.2 Å². The van der Waals surface area contributed by atoms with Gasteiger partial charge in [0.2, 0.25) is 0 Å². The molecule has 20 heavy (non-hydrogen) atoms. The maximum atomic E-state index is 12.6. The molecule has 0 aromatic heterocycles. The normalized spacial score (nSPS) is 13.5. The van der Waals surface area contributed by atoms with Crippen LogP contribution in [0.15, 0.2) is 0 Å². The Hall–Kier alpha value is -0.260. The summed E-state index contributed by atoms with van der Waals surface area (Å²) in [5, 5.41) is 12.5. The van der Waals surface area contributed by atoms with Gasteiger partial charge in [0, 0.05) is 25.2 Å². The van der Waals surface area contributed by atoms with E-state index in [1.54, 1.807) is 4.90 Å². The second kappa shape index (κ2) is 8.90. The molecular formula is C15H32F2N2O. The van der Waals surface area contributed by atoms with Crippen LogP contribution in [0.3, 0.4) is 0 Å². The molecule has 0 aromatic rings. The average molecular weight is 294 g/mol. The summed E-state index contributed by atoms with van der Waals surface area (Å²) in [5.74, 6) is 0. The summed E-state index contributed by atoms with van der Waals surface area (Å²) < 4.78 is 25.3. The third kappa shape index (κ3) is 8.12. The van der Waals surface area contributed by atoms with Crippen molar-refractivity contribution in [3.8, 4) is 0 Å². The number of rotatable bonds is 10. The Morgan fingerprint density at radius 2 is 1.70 bits per heavy atom. The summed E-state index contributed by atoms with van der Waals surface area (Å²) in [4.78, 5) is 1.68. The largest absolute Gasteiger partial charge is 0.395 e. The van der Waals surface area contributed by atoms with Gasteiger partial charge < -0.3 is 10.4 Å². The number of aliphatic hydroxyl groups is 1. The lowest BCUT2D eigenvalue weighted by molar-refractivity contribution is 0.0454. The van der Waals surface area contributed by atoms with Gasteiger partial charge in [-0.15, -0.1) is 0 Å². The van der Waals surface area contributed by atoms with Gasteiger partial charge in [-0.2, -0.15) is 0 Å². The summed E-state index contributed by atoms with van der Waals surface area (Å²) in [7, 11) is 0. The zero-order valence-corrected chi connectivity index (χ0v) is 13.7. The summed E-state index contributed by atoms with van der Waals surface area (Å²) in [5.41, 5.74) is -0.0164. The minimum absolute atomic E-state index is 0.0140. The van der Waals surface area contributed by atoms with Crippen LogP contribution in [0.4, 0.5) is 8.78 Å². The molecule has 0 radical (unpaired) electrons. The van der Waals surface area contributed by atoms with E-state index in [1.807, 2.05) is 0 Å². The van der Waals surface area contributed by atoms with Crippen LogP contribution in [-0.4, -0.2) is 54.8 Å². The first-order chi connectivity index (χ1) is 9.18. The number of nitrogens with one attached hydrogen (secondary N) is 1. The van der Waals surface area contributed by atoms with Crippen LogP contribution in [0.5, 0.6) is 0 Å². The van der Waals surface area contributed by atoms with Crippen molar-refractivity contribution in [2.24, 2.45) is 5.41 Å². The van der Waals surface area contributed by atoms with Gasteiger partial charge in [-0.3, -0.25) is 4.90 Å². The first-order valence-electron chi connectivity index (χ1n) is 7.54. The van der Waals surface area contributed by atoms with Crippen LogP contribution >= 0.6 is 0 Å². The molecule has 2 N–H and O–H groups in total. The van der Waals surface area contributed by atoms with Crippen LogP contribution in [0.25, 0.3) is 0 Å². The Morgan fingerprint density at radius 3 is 2.05 bits per heavy atom. The molecule has 0 atom stereocenters. The van der Waals surface area contributed by atoms with Crippen molar-refractivity contribution in [3.05, 3.63) is 0 Å². The zero-order valence-electron chi connectivity index (χ0n) is 13.7. The van der Waals surface area contributed by atoms with E-state index in [0.29, 0.717) is 13.1 Å². The maximum absolute atomic E-state index is 12.6. The van der Waals surface area contributed by atoms with E-state index in [-0.39, 0.29) is 24.1 Å². The van der Waals surface area contributed by atoms with Gasteiger partial charge in [0.1, 0.15) is 0 Å². The van der Waals surface area contributed by atoms with Crippen molar-refractivity contribution in [1.82, 2.24) is 10.2 Å². The van der Waals surface area contributed by atoms with Gasteiger partial charge in [-0.05, 0) is 39.0 Å². The highest BCUT2D eigenvalue weighted by Gasteiger charge is 2.30. The lowest BCUT2D eigenvalue weighted by atomic mass is 9.81. The number of hydrogen-bond acceptors (Lipinski definition) is 3. The molecule has 0 unspecified atom stereocenters. The fourth-order valence-electron chi connectivity index (χ4n) is 2.28. The quantitative estimate of drug-likeness (QED) is 0.650. The van der Waals surface area contributed by atoms with Crippen molar-refractivity contribution < 1.29 is 13.9 Å². The van der Waals surface area contributed by atoms with Crippen molar-refractivity contribution >= 4 is 0 Å². The van der Waals surface area contributed by atoms with Gasteiger partial charge >= 0.3 is 0 Å². The van der Waals surface area contributed by atoms with E-state index in [9.17, 15) is 8.78 Å². The highest BCUT2D eigenvalue weighted by Crippen LogP contribution is 2.28. The van der Waals surface area contributed by atoms with Crippen LogP contribution in [-0.2, 0) is 0 Å². The number of aliphatic hydroxyl groups excluding tert-OH is 1. The third-order valence-electron chi connectivity index (χ3n) is 3.87. The fraction of sp³-hybridized carbons (Fsp3) is 1.00. The van der Waals surface area contributed by atoms with Crippen molar-refractivity contribution in [2.75, 3.05) is 32.8 Å². The molecule has 0 fully saturated rings. The summed E-state index contributed by atoms with van der Waals surface area (Å²) >= 11 is 0. The van der Waals surface area contributed by atoms with E-state index in [2.05, 4.69) is 39.9 Å². The van der Waals surface area contributed by atoms with Gasteiger partial charge in [-0.1, -0.05) is 13.8 Å². The molecule has 0 aliphatic heterocycles. The monoisotopic (exact) mass is 294 g/mol. The zero-order chi connectivity index (χ0) is 15.8. The Balaban J connectivity index is 4.76. The third-order valence-corrected chi connectivity index (χ3v) is 3.87. The Morgan fingerprint density at radius 1 is 1.15 bits per heavy atom. The average Bonchev–Trinajstić information content (AvgIpc) is 2.33. The second-order valence-electron chi connectivity index (χ2n) is 6.66. The molecule has 0 saturated carbocycles. The van der Waals surface area contributed by atoms with Crippen LogP contribution < -0.4 is 5.32 Å². The van der Waals surface area contributed by atoms with Crippen molar-refractivity contribution in [3.63, 3.8) is 0 Å². The second-order valence-corrected chi connectivity index (χ2v) is 6.66. The van der Waals surface area contributed by atoms with Gasteiger partial charge in [0.25, 0.3) is 6.43 Å². The Labute approximate surface area is 122 Å². The van der Waals surface area contributed by atoms with Crippen LogP contribution in [0.2, 0.25) is 0 Å². The molecule has 0 aromatic carbocycles. The Kier molecular flexibility index (Phi) is 8.79. The van der Waals surface area contributed by atoms with E-state index < -0.39 is 6.43 Å². The molecule has 0 heterocycles. The fourth-order valence-corrected chi connectivity index (χ4v) is 2.28. The summed E-state index contributed by atoms with van der Waals surface area (Å²) in [6.07, 6.45) is -0.501. The molecule has 122 valence electrons. The molecule has 5 heteroatoms. The lowest BCUT2D eigenvalue weighted by Gasteiger charge is -2.39. The van der Waals surface area contributed by atoms with Gasteiger partial charge in [-0.25, -0.2) is 8.78 Å². The first-order valence-corrected chi connectivity index (χ1v) is 7.54. The minimum Gasteiger partial charge on any atom is -0.395 e. The molecule has 3 nitrogen and oxygen atoms in total. The maximum Gasteiger partial charge on any atom is 0.251 e. The first kappa shape index (κ1) is 19.7. The predicted octanol–water partition coefficient (Wildman–Crippen LogP) is 2.74. The Bertz CT molecular complexity index is 251. The molecule has 0 spiro atoms. The molecule has 0 bridgehead atoms. The molecule has 0 aliphatic carbocycles. The summed E-state index contributed by atoms with van der Waals surface area (Å²) in [6, 6.07) is 0. The number of halogens is 2. The topological polar surface area (TPSA) is 35.5 Å². The highest BCUT2D eigenvalue weighted by atomic mass is 19.3. The van der Waals surface area contributed by atoms with E-state index in [1.165, 1.54) is 0 Å². The highest BCUT2D eigenvalue weighted by molar-refractivity contribution is 4.86. The van der Waals surface area contributed by atoms with E-state index in [0.717, 1.165) is 19.4 Å². The molecule has 0 rings (SSSR count).